The number of rotatable bonds is 7. The van der Waals surface area contributed by atoms with Crippen LogP contribution in [0.15, 0.2) is 54.6 Å². The lowest BCUT2D eigenvalue weighted by atomic mass is 9.69. The molecule has 1 N–H and O–H groups in total. The number of sulfonamides is 1. The van der Waals surface area contributed by atoms with Crippen LogP contribution in [0.4, 0.5) is 0 Å². The molecule has 4 rings (SSSR count). The first kappa shape index (κ1) is 21.6. The molecule has 31 heavy (non-hydrogen) atoms. The predicted octanol–water partition coefficient (Wildman–Crippen LogP) is 3.85. The van der Waals surface area contributed by atoms with Crippen LogP contribution in [0.3, 0.4) is 0 Å². The average molecular weight is 442 g/mol. The zero-order valence-corrected chi connectivity index (χ0v) is 18.2. The fourth-order valence-electron chi connectivity index (χ4n) is 4.22. The Kier molecular flexibility index (Phi) is 6.14. The second-order valence-corrected chi connectivity index (χ2v) is 10.4. The fraction of sp³-hybridized carbons (Fsp3) is 0.417. The van der Waals surface area contributed by atoms with Crippen molar-refractivity contribution in [2.24, 2.45) is 0 Å². The van der Waals surface area contributed by atoms with Gasteiger partial charge in [0.1, 0.15) is 6.61 Å². The zero-order valence-electron chi connectivity index (χ0n) is 17.4. The molecule has 0 aromatic heterocycles. The van der Waals surface area contributed by atoms with E-state index in [1.54, 1.807) is 24.3 Å². The van der Waals surface area contributed by atoms with Gasteiger partial charge in [-0.1, -0.05) is 61.7 Å². The predicted molar refractivity (Wildman–Crippen MR) is 117 cm³/mol. The second-order valence-electron chi connectivity index (χ2n) is 8.46. The van der Waals surface area contributed by atoms with Crippen LogP contribution in [0.5, 0.6) is 0 Å². The van der Waals surface area contributed by atoms with E-state index in [1.165, 1.54) is 0 Å². The Balaban J connectivity index is 1.50. The third kappa shape index (κ3) is 4.82. The molecular weight excluding hydrogens is 414 g/mol. The van der Waals surface area contributed by atoms with E-state index in [9.17, 15) is 18.0 Å². The molecule has 2 fully saturated rings. The van der Waals surface area contributed by atoms with Crippen molar-refractivity contribution in [3.05, 3.63) is 71.3 Å². The molecule has 0 bridgehead atoms. The van der Waals surface area contributed by atoms with Crippen LogP contribution >= 0.6 is 0 Å². The molecule has 0 spiro atoms. The van der Waals surface area contributed by atoms with E-state index in [4.69, 9.17) is 4.74 Å². The molecule has 0 radical (unpaired) electrons. The lowest BCUT2D eigenvalue weighted by molar-refractivity contribution is -0.153. The summed E-state index contributed by atoms with van der Waals surface area (Å²) in [6, 6.07) is 16.3. The Hall–Kier alpha value is -2.67. The number of amides is 1. The fourth-order valence-corrected chi connectivity index (χ4v) is 5.52. The van der Waals surface area contributed by atoms with Gasteiger partial charge in [0.2, 0.25) is 10.0 Å². The molecule has 0 aliphatic heterocycles. The van der Waals surface area contributed by atoms with Crippen LogP contribution in [0.2, 0.25) is 0 Å². The summed E-state index contributed by atoms with van der Waals surface area (Å²) < 4.78 is 31.9. The highest BCUT2D eigenvalue weighted by Crippen LogP contribution is 2.41. The van der Waals surface area contributed by atoms with Gasteiger partial charge in [0.15, 0.2) is 0 Å². The summed E-state index contributed by atoms with van der Waals surface area (Å²) in [6.07, 6.45) is 5.52. The molecule has 0 heterocycles. The standard InChI is InChI=1S/C24H27NO5S/c26-22(25-31(28,29)21-13-14-21)19-9-11-20(12-10-19)24(15-5-2-6-16-24)23(27)30-17-18-7-3-1-4-8-18/h1,3-4,7-12,21H,2,5-6,13-17H2,(H,25,26). The number of esters is 1. The number of nitrogens with one attached hydrogen (secondary N) is 1. The number of carbonyl (C=O) groups excluding carboxylic acids is 2. The Labute approximate surface area is 183 Å². The summed E-state index contributed by atoms with van der Waals surface area (Å²) >= 11 is 0. The molecule has 0 unspecified atom stereocenters. The summed E-state index contributed by atoms with van der Waals surface area (Å²) in [5, 5.41) is -0.458. The maximum Gasteiger partial charge on any atom is 0.316 e. The Morgan fingerprint density at radius 3 is 2.19 bits per heavy atom. The van der Waals surface area contributed by atoms with Crippen molar-refractivity contribution < 1.29 is 22.7 Å². The van der Waals surface area contributed by atoms with Crippen molar-refractivity contribution in [3.8, 4) is 0 Å². The van der Waals surface area contributed by atoms with Gasteiger partial charge in [-0.25, -0.2) is 13.1 Å². The molecule has 2 aromatic carbocycles. The minimum absolute atomic E-state index is 0.223. The summed E-state index contributed by atoms with van der Waals surface area (Å²) in [6.45, 7) is 0.223. The molecule has 2 aliphatic rings. The Bertz CT molecular complexity index is 1040. The molecule has 2 saturated carbocycles. The van der Waals surface area contributed by atoms with E-state index >= 15 is 0 Å². The zero-order chi connectivity index (χ0) is 21.9. The van der Waals surface area contributed by atoms with Crippen molar-refractivity contribution in [2.45, 2.75) is 62.2 Å². The van der Waals surface area contributed by atoms with Gasteiger partial charge in [0.05, 0.1) is 10.7 Å². The monoisotopic (exact) mass is 441 g/mol. The van der Waals surface area contributed by atoms with Crippen LogP contribution in [-0.2, 0) is 31.6 Å². The molecule has 2 aliphatic carbocycles. The van der Waals surface area contributed by atoms with Crippen molar-refractivity contribution in [1.29, 1.82) is 0 Å². The summed E-state index contributed by atoms with van der Waals surface area (Å²) in [5.41, 5.74) is 1.27. The van der Waals surface area contributed by atoms with Gasteiger partial charge in [-0.05, 0) is 48.9 Å². The molecular formula is C24H27NO5S. The Morgan fingerprint density at radius 1 is 0.935 bits per heavy atom. The van der Waals surface area contributed by atoms with Crippen LogP contribution in [0, 0.1) is 0 Å². The van der Waals surface area contributed by atoms with E-state index in [0.29, 0.717) is 25.7 Å². The van der Waals surface area contributed by atoms with Gasteiger partial charge < -0.3 is 4.74 Å². The quantitative estimate of drug-likeness (QED) is 0.659. The molecule has 6 nitrogen and oxygen atoms in total. The molecule has 2 aromatic rings. The highest BCUT2D eigenvalue weighted by molar-refractivity contribution is 7.91. The number of benzene rings is 2. The minimum Gasteiger partial charge on any atom is -0.460 e. The maximum absolute atomic E-state index is 13.2. The van der Waals surface area contributed by atoms with Crippen LogP contribution in [-0.4, -0.2) is 25.5 Å². The van der Waals surface area contributed by atoms with E-state index in [2.05, 4.69) is 4.72 Å². The van der Waals surface area contributed by atoms with E-state index < -0.39 is 26.6 Å². The van der Waals surface area contributed by atoms with Gasteiger partial charge in [-0.15, -0.1) is 0 Å². The van der Waals surface area contributed by atoms with Gasteiger partial charge in [0.25, 0.3) is 5.91 Å². The molecule has 0 atom stereocenters. The van der Waals surface area contributed by atoms with Crippen molar-refractivity contribution in [2.75, 3.05) is 0 Å². The molecule has 7 heteroatoms. The normalized spacial score (nSPS) is 18.2. The largest absolute Gasteiger partial charge is 0.460 e. The maximum atomic E-state index is 13.2. The smallest absolute Gasteiger partial charge is 0.316 e. The highest BCUT2D eigenvalue weighted by Gasteiger charge is 2.43. The number of hydrogen-bond donors (Lipinski definition) is 1. The van der Waals surface area contributed by atoms with E-state index in [-0.39, 0.29) is 18.1 Å². The minimum atomic E-state index is -3.60. The van der Waals surface area contributed by atoms with E-state index in [1.807, 2.05) is 30.3 Å². The number of ether oxygens (including phenoxy) is 1. The Morgan fingerprint density at radius 2 is 1.58 bits per heavy atom. The summed E-state index contributed by atoms with van der Waals surface area (Å²) in [4.78, 5) is 25.6. The first-order chi connectivity index (χ1) is 14.9. The topological polar surface area (TPSA) is 89.5 Å². The summed E-state index contributed by atoms with van der Waals surface area (Å²) in [7, 11) is -3.60. The summed E-state index contributed by atoms with van der Waals surface area (Å²) in [5.74, 6) is -0.882. The van der Waals surface area contributed by atoms with Crippen molar-refractivity contribution >= 4 is 21.9 Å². The van der Waals surface area contributed by atoms with Crippen LogP contribution in [0.1, 0.15) is 66.4 Å². The lowest BCUT2D eigenvalue weighted by Crippen LogP contribution is -2.39. The number of carbonyl (C=O) groups is 2. The van der Waals surface area contributed by atoms with Crippen molar-refractivity contribution in [3.63, 3.8) is 0 Å². The average Bonchev–Trinajstić information content (AvgIpc) is 3.65. The van der Waals surface area contributed by atoms with Crippen LogP contribution in [0.25, 0.3) is 0 Å². The van der Waals surface area contributed by atoms with Gasteiger partial charge in [0, 0.05) is 5.56 Å². The SMILES string of the molecule is O=C(NS(=O)(=O)C1CC1)c1ccc(C2(C(=O)OCc3ccccc3)CCCCC2)cc1. The van der Waals surface area contributed by atoms with Gasteiger partial charge in [-0.3, -0.25) is 9.59 Å². The third-order valence-electron chi connectivity index (χ3n) is 6.21. The highest BCUT2D eigenvalue weighted by atomic mass is 32.2. The molecule has 164 valence electrons. The molecule has 0 saturated heterocycles. The van der Waals surface area contributed by atoms with Crippen LogP contribution < -0.4 is 4.72 Å². The third-order valence-corrected chi connectivity index (χ3v) is 8.03. The lowest BCUT2D eigenvalue weighted by Gasteiger charge is -2.35. The second kappa shape index (κ2) is 8.83. The van der Waals surface area contributed by atoms with Gasteiger partial charge >= 0.3 is 5.97 Å². The first-order valence-corrected chi connectivity index (χ1v) is 12.3. The van der Waals surface area contributed by atoms with Crippen molar-refractivity contribution in [1.82, 2.24) is 4.72 Å². The first-order valence-electron chi connectivity index (χ1n) is 10.8. The number of hydrogen-bond acceptors (Lipinski definition) is 5. The molecule has 1 amide bonds. The van der Waals surface area contributed by atoms with Gasteiger partial charge in [-0.2, -0.15) is 0 Å². The van der Waals surface area contributed by atoms with E-state index in [0.717, 1.165) is 30.4 Å².